The van der Waals surface area contributed by atoms with Crippen LogP contribution < -0.4 is 10.2 Å². The van der Waals surface area contributed by atoms with E-state index in [1.165, 1.54) is 23.5 Å². The van der Waals surface area contributed by atoms with Crippen molar-refractivity contribution >= 4 is 17.6 Å². The van der Waals surface area contributed by atoms with Crippen molar-refractivity contribution in [1.29, 1.82) is 0 Å². The molecule has 0 atom stereocenters. The predicted molar refractivity (Wildman–Crippen MR) is 78.2 cm³/mol. The summed E-state index contributed by atoms with van der Waals surface area (Å²) in [5.41, 5.74) is 1.22. The maximum Gasteiger partial charge on any atom is 0.136 e. The zero-order valence-corrected chi connectivity index (χ0v) is 11.9. The molecule has 18 heavy (non-hydrogen) atoms. The topological polar surface area (TPSA) is 41.1 Å². The molecule has 1 aliphatic rings. The minimum absolute atomic E-state index is 0.869. The van der Waals surface area contributed by atoms with Crippen LogP contribution in [0.25, 0.3) is 0 Å². The van der Waals surface area contributed by atoms with E-state index in [2.05, 4.69) is 27.1 Å². The Kier molecular flexibility index (Phi) is 5.74. The van der Waals surface area contributed by atoms with Gasteiger partial charge in [-0.15, -0.1) is 0 Å². The Morgan fingerprint density at radius 3 is 3.22 bits per heavy atom. The lowest BCUT2D eigenvalue weighted by atomic mass is 10.2. The van der Waals surface area contributed by atoms with E-state index in [0.717, 1.165) is 38.4 Å². The molecule has 0 unspecified atom stereocenters. The van der Waals surface area contributed by atoms with Gasteiger partial charge in [0.2, 0.25) is 0 Å². The van der Waals surface area contributed by atoms with Crippen molar-refractivity contribution in [2.75, 3.05) is 36.0 Å². The minimum Gasteiger partial charge on any atom is -0.355 e. The monoisotopic (exact) mass is 266 g/mol. The van der Waals surface area contributed by atoms with Crippen molar-refractivity contribution < 1.29 is 0 Å². The van der Waals surface area contributed by atoms with Crippen LogP contribution in [0.15, 0.2) is 12.5 Å². The summed E-state index contributed by atoms with van der Waals surface area (Å²) in [4.78, 5) is 11.1. The lowest BCUT2D eigenvalue weighted by molar-refractivity contribution is 0.667. The summed E-state index contributed by atoms with van der Waals surface area (Å²) in [7, 11) is 0. The fourth-order valence-corrected chi connectivity index (χ4v) is 3.01. The summed E-state index contributed by atoms with van der Waals surface area (Å²) in [6, 6.07) is 0. The number of anilines is 1. The SMILES string of the molecule is CCCNCc1cncnc1N1CCCSCC1. The average Bonchev–Trinajstić information content (AvgIpc) is 2.68. The predicted octanol–water partition coefficient (Wildman–Crippen LogP) is 1.92. The van der Waals surface area contributed by atoms with Crippen LogP contribution in [0.2, 0.25) is 0 Å². The number of nitrogens with one attached hydrogen (secondary N) is 1. The third-order valence-electron chi connectivity index (χ3n) is 3.03. The minimum atomic E-state index is 0.869. The van der Waals surface area contributed by atoms with Gasteiger partial charge in [-0.25, -0.2) is 9.97 Å². The Balaban J connectivity index is 2.05. The molecule has 1 aromatic heterocycles. The molecule has 0 saturated carbocycles. The second-order valence-electron chi connectivity index (χ2n) is 4.50. The Morgan fingerprint density at radius 2 is 2.33 bits per heavy atom. The van der Waals surface area contributed by atoms with Gasteiger partial charge in [-0.05, 0) is 25.1 Å². The number of thioether (sulfide) groups is 1. The maximum absolute atomic E-state index is 4.49. The molecule has 1 aromatic rings. The molecule has 2 rings (SSSR count). The summed E-state index contributed by atoms with van der Waals surface area (Å²) < 4.78 is 0. The van der Waals surface area contributed by atoms with E-state index < -0.39 is 0 Å². The third kappa shape index (κ3) is 3.85. The molecular formula is C13H22N4S. The first-order valence-corrected chi connectivity index (χ1v) is 7.89. The van der Waals surface area contributed by atoms with Gasteiger partial charge < -0.3 is 10.2 Å². The molecule has 4 nitrogen and oxygen atoms in total. The van der Waals surface area contributed by atoms with Crippen LogP contribution in [0.5, 0.6) is 0 Å². The lowest BCUT2D eigenvalue weighted by Crippen LogP contribution is -2.28. The molecule has 0 aliphatic carbocycles. The Labute approximate surface area is 114 Å². The summed E-state index contributed by atoms with van der Waals surface area (Å²) >= 11 is 2.04. The van der Waals surface area contributed by atoms with E-state index in [4.69, 9.17) is 0 Å². The summed E-state index contributed by atoms with van der Waals surface area (Å²) in [5.74, 6) is 3.59. The van der Waals surface area contributed by atoms with E-state index in [9.17, 15) is 0 Å². The first kappa shape index (κ1) is 13.6. The number of rotatable bonds is 5. The van der Waals surface area contributed by atoms with Gasteiger partial charge in [-0.3, -0.25) is 0 Å². The molecule has 1 saturated heterocycles. The van der Waals surface area contributed by atoms with Gasteiger partial charge in [0.25, 0.3) is 0 Å². The molecular weight excluding hydrogens is 244 g/mol. The number of hydrogen-bond acceptors (Lipinski definition) is 5. The highest BCUT2D eigenvalue weighted by Crippen LogP contribution is 2.20. The number of aromatic nitrogens is 2. The van der Waals surface area contributed by atoms with Crippen LogP contribution in [-0.2, 0) is 6.54 Å². The maximum atomic E-state index is 4.49. The normalized spacial score (nSPS) is 16.6. The summed E-state index contributed by atoms with van der Waals surface area (Å²) in [5, 5.41) is 3.43. The first-order valence-electron chi connectivity index (χ1n) is 6.74. The largest absolute Gasteiger partial charge is 0.355 e. The molecule has 0 spiro atoms. The zero-order valence-electron chi connectivity index (χ0n) is 11.1. The van der Waals surface area contributed by atoms with Crippen molar-refractivity contribution in [2.45, 2.75) is 26.3 Å². The Hall–Kier alpha value is -0.810. The highest BCUT2D eigenvalue weighted by Gasteiger charge is 2.14. The van der Waals surface area contributed by atoms with Crippen molar-refractivity contribution in [3.8, 4) is 0 Å². The van der Waals surface area contributed by atoms with Crippen LogP contribution in [0.4, 0.5) is 5.82 Å². The second kappa shape index (κ2) is 7.59. The molecule has 0 amide bonds. The van der Waals surface area contributed by atoms with Crippen molar-refractivity contribution in [2.24, 2.45) is 0 Å². The standard InChI is InChI=1S/C13H22N4S/c1-2-4-14-9-12-10-15-11-16-13(12)17-5-3-7-18-8-6-17/h10-11,14H,2-9H2,1H3. The van der Waals surface area contributed by atoms with Gasteiger partial charge in [-0.2, -0.15) is 11.8 Å². The molecule has 1 fully saturated rings. The van der Waals surface area contributed by atoms with Gasteiger partial charge in [0.15, 0.2) is 0 Å². The second-order valence-corrected chi connectivity index (χ2v) is 5.73. The van der Waals surface area contributed by atoms with Gasteiger partial charge in [0.1, 0.15) is 12.1 Å². The number of nitrogens with zero attached hydrogens (tertiary/aromatic N) is 3. The van der Waals surface area contributed by atoms with Crippen LogP contribution in [0.3, 0.4) is 0 Å². The lowest BCUT2D eigenvalue weighted by Gasteiger charge is -2.23. The van der Waals surface area contributed by atoms with Crippen molar-refractivity contribution in [3.05, 3.63) is 18.1 Å². The molecule has 2 heterocycles. The van der Waals surface area contributed by atoms with Gasteiger partial charge in [-0.1, -0.05) is 6.92 Å². The fourth-order valence-electron chi connectivity index (χ4n) is 2.12. The van der Waals surface area contributed by atoms with Gasteiger partial charge >= 0.3 is 0 Å². The highest BCUT2D eigenvalue weighted by atomic mass is 32.2. The quantitative estimate of drug-likeness (QED) is 0.825. The molecule has 100 valence electrons. The van der Waals surface area contributed by atoms with Gasteiger partial charge in [0.05, 0.1) is 0 Å². The number of hydrogen-bond donors (Lipinski definition) is 1. The van der Waals surface area contributed by atoms with Gasteiger partial charge in [0, 0.05) is 37.1 Å². The van der Waals surface area contributed by atoms with E-state index in [1.807, 2.05) is 18.0 Å². The highest BCUT2D eigenvalue weighted by molar-refractivity contribution is 7.99. The Morgan fingerprint density at radius 1 is 1.39 bits per heavy atom. The first-order chi connectivity index (χ1) is 8.92. The van der Waals surface area contributed by atoms with Crippen LogP contribution >= 0.6 is 11.8 Å². The van der Waals surface area contributed by atoms with E-state index in [1.54, 1.807) is 6.33 Å². The van der Waals surface area contributed by atoms with E-state index >= 15 is 0 Å². The van der Waals surface area contributed by atoms with E-state index in [-0.39, 0.29) is 0 Å². The molecule has 1 aliphatic heterocycles. The third-order valence-corrected chi connectivity index (χ3v) is 4.08. The van der Waals surface area contributed by atoms with Crippen molar-refractivity contribution in [1.82, 2.24) is 15.3 Å². The average molecular weight is 266 g/mol. The fraction of sp³-hybridized carbons (Fsp3) is 0.692. The molecule has 5 heteroatoms. The smallest absolute Gasteiger partial charge is 0.136 e. The Bertz CT molecular complexity index is 351. The van der Waals surface area contributed by atoms with Crippen LogP contribution in [0.1, 0.15) is 25.3 Å². The zero-order chi connectivity index (χ0) is 12.6. The summed E-state index contributed by atoms with van der Waals surface area (Å²) in [6.45, 7) is 6.31. The molecule has 0 bridgehead atoms. The van der Waals surface area contributed by atoms with E-state index in [0.29, 0.717) is 0 Å². The van der Waals surface area contributed by atoms with Crippen LogP contribution in [-0.4, -0.2) is 41.1 Å². The molecule has 1 N–H and O–H groups in total. The van der Waals surface area contributed by atoms with Crippen LogP contribution in [0, 0.1) is 0 Å². The molecule has 0 radical (unpaired) electrons. The van der Waals surface area contributed by atoms with Crippen molar-refractivity contribution in [3.63, 3.8) is 0 Å². The molecule has 0 aromatic carbocycles. The summed E-state index contributed by atoms with van der Waals surface area (Å²) in [6.07, 6.45) is 6.01.